The number of nitrogens with one attached hydrogen (secondary N) is 1. The van der Waals surface area contributed by atoms with Gasteiger partial charge in [0.2, 0.25) is 0 Å². The van der Waals surface area contributed by atoms with Crippen molar-refractivity contribution in [1.29, 1.82) is 5.41 Å². The van der Waals surface area contributed by atoms with Crippen LogP contribution in [0.3, 0.4) is 0 Å². The number of hydrogen-bond acceptors (Lipinski definition) is 2. The lowest BCUT2D eigenvalue weighted by Crippen LogP contribution is -2.21. The Hall–Kier alpha value is -1.15. The van der Waals surface area contributed by atoms with Crippen molar-refractivity contribution >= 4 is 23.1 Å². The molecule has 1 saturated carbocycles. The summed E-state index contributed by atoms with van der Waals surface area (Å²) in [5.74, 6) is 0.313. The van der Waals surface area contributed by atoms with E-state index in [9.17, 15) is 4.79 Å². The van der Waals surface area contributed by atoms with Crippen LogP contribution in [0.2, 0.25) is 5.02 Å². The number of carbonyl (C=O) groups is 1. The van der Waals surface area contributed by atoms with Crippen molar-refractivity contribution in [2.75, 3.05) is 0 Å². The Balaban J connectivity index is 2.32. The van der Waals surface area contributed by atoms with E-state index >= 15 is 0 Å². The Kier molecular flexibility index (Phi) is 3.10. The van der Waals surface area contributed by atoms with Crippen molar-refractivity contribution in [1.82, 2.24) is 0 Å². The maximum atomic E-state index is 11.5. The van der Waals surface area contributed by atoms with Crippen LogP contribution in [-0.2, 0) is 4.79 Å². The van der Waals surface area contributed by atoms with Crippen molar-refractivity contribution in [2.45, 2.75) is 32.1 Å². The van der Waals surface area contributed by atoms with Crippen LogP contribution >= 0.6 is 11.6 Å². The van der Waals surface area contributed by atoms with E-state index < -0.39 is 0 Å². The first-order valence-electron chi connectivity index (χ1n) is 5.40. The minimum Gasteiger partial charge on any atom is -0.309 e. The highest BCUT2D eigenvalue weighted by Gasteiger charge is 2.25. The number of aryl methyl sites for hydroxylation is 1. The smallest absolute Gasteiger partial charge is 0.139 e. The Morgan fingerprint density at radius 2 is 2.12 bits per heavy atom. The Morgan fingerprint density at radius 1 is 1.38 bits per heavy atom. The summed E-state index contributed by atoms with van der Waals surface area (Å²) in [6, 6.07) is 5.75. The SMILES string of the molecule is Cc1ccc(Cl)cc1C1CC(=N)CC(=O)C1. The summed E-state index contributed by atoms with van der Waals surface area (Å²) in [5, 5.41) is 8.37. The number of ketones is 1. The van der Waals surface area contributed by atoms with E-state index in [1.807, 2.05) is 25.1 Å². The normalized spacial score (nSPS) is 21.2. The highest BCUT2D eigenvalue weighted by Crippen LogP contribution is 2.32. The van der Waals surface area contributed by atoms with Gasteiger partial charge in [-0.05, 0) is 42.5 Å². The molecule has 0 heterocycles. The lowest BCUT2D eigenvalue weighted by atomic mass is 9.81. The molecule has 1 aromatic carbocycles. The summed E-state index contributed by atoms with van der Waals surface area (Å²) < 4.78 is 0. The van der Waals surface area contributed by atoms with Gasteiger partial charge < -0.3 is 5.41 Å². The molecule has 0 aromatic heterocycles. The van der Waals surface area contributed by atoms with E-state index in [1.54, 1.807) is 0 Å². The molecule has 1 aliphatic carbocycles. The second kappa shape index (κ2) is 4.38. The summed E-state index contributed by atoms with van der Waals surface area (Å²) >= 11 is 5.97. The third-order valence-corrected chi connectivity index (χ3v) is 3.29. The van der Waals surface area contributed by atoms with Crippen LogP contribution in [-0.4, -0.2) is 11.5 Å². The highest BCUT2D eigenvalue weighted by atomic mass is 35.5. The van der Waals surface area contributed by atoms with Crippen LogP contribution in [0.25, 0.3) is 0 Å². The van der Waals surface area contributed by atoms with Gasteiger partial charge in [0.15, 0.2) is 0 Å². The average molecular weight is 236 g/mol. The highest BCUT2D eigenvalue weighted by molar-refractivity contribution is 6.30. The van der Waals surface area contributed by atoms with Gasteiger partial charge in [0.25, 0.3) is 0 Å². The van der Waals surface area contributed by atoms with Crippen molar-refractivity contribution < 1.29 is 4.79 Å². The van der Waals surface area contributed by atoms with Gasteiger partial charge in [-0.2, -0.15) is 0 Å². The maximum Gasteiger partial charge on any atom is 0.139 e. The van der Waals surface area contributed by atoms with Crippen LogP contribution < -0.4 is 0 Å². The van der Waals surface area contributed by atoms with E-state index in [1.165, 1.54) is 0 Å². The molecule has 84 valence electrons. The topological polar surface area (TPSA) is 40.9 Å². The number of rotatable bonds is 1. The first-order chi connectivity index (χ1) is 7.56. The fourth-order valence-electron chi connectivity index (χ4n) is 2.30. The largest absolute Gasteiger partial charge is 0.309 e. The number of halogens is 1. The fraction of sp³-hybridized carbons (Fsp3) is 0.385. The second-order valence-corrected chi connectivity index (χ2v) is 4.86. The fourth-order valence-corrected chi connectivity index (χ4v) is 2.48. The Labute approximate surface area is 100 Å². The molecule has 1 aliphatic rings. The quantitative estimate of drug-likeness (QED) is 0.795. The van der Waals surface area contributed by atoms with Gasteiger partial charge in [0, 0.05) is 23.6 Å². The van der Waals surface area contributed by atoms with Crippen LogP contribution in [0.5, 0.6) is 0 Å². The molecule has 1 fully saturated rings. The third-order valence-electron chi connectivity index (χ3n) is 3.06. The maximum absolute atomic E-state index is 11.5. The molecule has 1 aromatic rings. The lowest BCUT2D eigenvalue weighted by Gasteiger charge is -2.23. The molecule has 0 bridgehead atoms. The minimum absolute atomic E-state index is 0.146. The molecule has 1 atom stereocenters. The summed E-state index contributed by atoms with van der Waals surface area (Å²) in [6.45, 7) is 2.02. The molecular formula is C13H14ClNO. The lowest BCUT2D eigenvalue weighted by molar-refractivity contribution is -0.118. The van der Waals surface area contributed by atoms with E-state index in [-0.39, 0.29) is 11.7 Å². The molecule has 3 heteroatoms. The number of hydrogen-bond donors (Lipinski definition) is 1. The number of benzene rings is 1. The van der Waals surface area contributed by atoms with Crippen molar-refractivity contribution in [3.8, 4) is 0 Å². The number of carbonyl (C=O) groups excluding carboxylic acids is 1. The van der Waals surface area contributed by atoms with E-state index in [4.69, 9.17) is 17.0 Å². The van der Waals surface area contributed by atoms with Gasteiger partial charge in [0.1, 0.15) is 5.78 Å². The monoisotopic (exact) mass is 235 g/mol. The summed E-state index contributed by atoms with van der Waals surface area (Å²) in [6.07, 6.45) is 1.56. The number of Topliss-reactive ketones (excluding diaryl/α,β-unsaturated/α-hetero) is 1. The summed E-state index contributed by atoms with van der Waals surface area (Å²) in [7, 11) is 0. The zero-order valence-corrected chi connectivity index (χ0v) is 9.97. The first kappa shape index (κ1) is 11.3. The van der Waals surface area contributed by atoms with Crippen LogP contribution in [0.1, 0.15) is 36.3 Å². The Morgan fingerprint density at radius 3 is 2.81 bits per heavy atom. The molecule has 1 unspecified atom stereocenters. The third kappa shape index (κ3) is 2.33. The molecule has 16 heavy (non-hydrogen) atoms. The average Bonchev–Trinajstić information content (AvgIpc) is 2.20. The van der Waals surface area contributed by atoms with Crippen LogP contribution in [0.15, 0.2) is 18.2 Å². The standard InChI is InChI=1S/C13H14ClNO/c1-8-2-3-10(14)6-13(8)9-4-11(15)7-12(16)5-9/h2-3,6,9,15H,4-5,7H2,1H3. The van der Waals surface area contributed by atoms with Gasteiger partial charge in [-0.25, -0.2) is 0 Å². The molecular weight excluding hydrogens is 222 g/mol. The predicted octanol–water partition coefficient (Wildman–Crippen LogP) is 3.50. The van der Waals surface area contributed by atoms with Gasteiger partial charge in [-0.15, -0.1) is 0 Å². The molecule has 2 rings (SSSR count). The minimum atomic E-state index is 0.146. The molecule has 0 spiro atoms. The Bertz CT molecular complexity index is 437. The van der Waals surface area contributed by atoms with Gasteiger partial charge in [-0.3, -0.25) is 4.79 Å². The zero-order chi connectivity index (χ0) is 11.7. The van der Waals surface area contributed by atoms with Crippen LogP contribution in [0.4, 0.5) is 0 Å². The van der Waals surface area contributed by atoms with Crippen molar-refractivity contribution in [3.05, 3.63) is 34.3 Å². The van der Waals surface area contributed by atoms with Crippen LogP contribution in [0, 0.1) is 12.3 Å². The summed E-state index contributed by atoms with van der Waals surface area (Å²) in [5.41, 5.74) is 2.81. The molecule has 1 N–H and O–H groups in total. The van der Waals surface area contributed by atoms with Gasteiger partial charge >= 0.3 is 0 Å². The molecule has 0 aliphatic heterocycles. The van der Waals surface area contributed by atoms with E-state index in [0.29, 0.717) is 30.0 Å². The van der Waals surface area contributed by atoms with Crippen molar-refractivity contribution in [2.24, 2.45) is 0 Å². The predicted molar refractivity (Wildman–Crippen MR) is 65.5 cm³/mol. The zero-order valence-electron chi connectivity index (χ0n) is 9.22. The molecule has 2 nitrogen and oxygen atoms in total. The van der Waals surface area contributed by atoms with Crippen molar-refractivity contribution in [3.63, 3.8) is 0 Å². The molecule has 0 saturated heterocycles. The van der Waals surface area contributed by atoms with E-state index in [0.717, 1.165) is 11.1 Å². The summed E-state index contributed by atoms with van der Waals surface area (Å²) in [4.78, 5) is 11.5. The molecule has 0 radical (unpaired) electrons. The second-order valence-electron chi connectivity index (χ2n) is 4.43. The van der Waals surface area contributed by atoms with Gasteiger partial charge in [-0.1, -0.05) is 17.7 Å². The molecule has 0 amide bonds. The van der Waals surface area contributed by atoms with Gasteiger partial charge in [0.05, 0.1) is 0 Å². The van der Waals surface area contributed by atoms with E-state index in [2.05, 4.69) is 0 Å². The first-order valence-corrected chi connectivity index (χ1v) is 5.78.